The molecule has 0 bridgehead atoms. The number of aromatic amines is 1. The SMILES string of the molecule is O=Cc1c(CCNc2ccc(C(=O)O)cc2)[nH]c2c1cnc1cc(Cl)ccc12. The number of aldehydes is 1. The van der Waals surface area contributed by atoms with Gasteiger partial charge in [-0.2, -0.15) is 0 Å². The topological polar surface area (TPSA) is 95.1 Å². The van der Waals surface area contributed by atoms with Gasteiger partial charge in [0.1, 0.15) is 0 Å². The Balaban J connectivity index is 1.58. The number of benzene rings is 2. The summed E-state index contributed by atoms with van der Waals surface area (Å²) in [5.41, 5.74) is 4.11. The highest BCUT2D eigenvalue weighted by Gasteiger charge is 2.14. The minimum atomic E-state index is -0.956. The third-order valence-corrected chi connectivity index (χ3v) is 4.91. The summed E-state index contributed by atoms with van der Waals surface area (Å²) in [6.07, 6.45) is 3.13. The Morgan fingerprint density at radius 2 is 1.96 bits per heavy atom. The molecule has 0 saturated heterocycles. The Morgan fingerprint density at radius 3 is 2.68 bits per heavy atom. The lowest BCUT2D eigenvalue weighted by Gasteiger charge is -2.06. The van der Waals surface area contributed by atoms with E-state index >= 15 is 0 Å². The molecular weight excluding hydrogens is 378 g/mol. The smallest absolute Gasteiger partial charge is 0.335 e. The number of aromatic nitrogens is 2. The number of hydrogen-bond donors (Lipinski definition) is 3. The number of nitrogens with zero attached hydrogens (tertiary/aromatic N) is 1. The number of carbonyl (C=O) groups excluding carboxylic acids is 1. The van der Waals surface area contributed by atoms with Gasteiger partial charge in [-0.1, -0.05) is 11.6 Å². The fourth-order valence-electron chi connectivity index (χ4n) is 3.28. The van der Waals surface area contributed by atoms with Crippen molar-refractivity contribution in [3.63, 3.8) is 0 Å². The number of carboxylic acid groups (broad SMARTS) is 1. The van der Waals surface area contributed by atoms with Gasteiger partial charge < -0.3 is 15.4 Å². The standard InChI is InChI=1S/C21H16ClN3O3/c22-13-3-6-15-19(9-13)24-10-16-17(11-26)18(25-20(15)16)7-8-23-14-4-1-12(2-5-14)21(27)28/h1-6,9-11,23,25H,7-8H2,(H,27,28). The molecule has 0 aliphatic heterocycles. The van der Waals surface area contributed by atoms with Crippen LogP contribution in [-0.2, 0) is 6.42 Å². The zero-order valence-electron chi connectivity index (χ0n) is 14.7. The van der Waals surface area contributed by atoms with Crippen molar-refractivity contribution < 1.29 is 14.7 Å². The lowest BCUT2D eigenvalue weighted by atomic mass is 10.1. The van der Waals surface area contributed by atoms with Crippen molar-refractivity contribution in [3.8, 4) is 0 Å². The molecule has 6 nitrogen and oxygen atoms in total. The summed E-state index contributed by atoms with van der Waals surface area (Å²) in [5.74, 6) is -0.956. The summed E-state index contributed by atoms with van der Waals surface area (Å²) in [6.45, 7) is 0.581. The highest BCUT2D eigenvalue weighted by atomic mass is 35.5. The van der Waals surface area contributed by atoms with Crippen LogP contribution in [0.25, 0.3) is 21.8 Å². The van der Waals surface area contributed by atoms with E-state index in [1.54, 1.807) is 42.6 Å². The number of fused-ring (bicyclic) bond motifs is 3. The second-order valence-corrected chi connectivity index (χ2v) is 6.84. The maximum atomic E-state index is 11.7. The van der Waals surface area contributed by atoms with Crippen LogP contribution in [0.2, 0.25) is 5.02 Å². The van der Waals surface area contributed by atoms with Crippen LogP contribution >= 0.6 is 11.6 Å². The largest absolute Gasteiger partial charge is 0.478 e. The second kappa shape index (κ2) is 7.32. The van der Waals surface area contributed by atoms with E-state index in [1.807, 2.05) is 6.07 Å². The van der Waals surface area contributed by atoms with Crippen molar-refractivity contribution in [3.05, 3.63) is 70.5 Å². The maximum absolute atomic E-state index is 11.7. The Morgan fingerprint density at radius 1 is 1.18 bits per heavy atom. The van der Waals surface area contributed by atoms with Gasteiger partial charge in [0.05, 0.1) is 16.6 Å². The average Bonchev–Trinajstić information content (AvgIpc) is 3.05. The van der Waals surface area contributed by atoms with Crippen LogP contribution in [0, 0.1) is 0 Å². The van der Waals surface area contributed by atoms with Crippen LogP contribution in [0.5, 0.6) is 0 Å². The van der Waals surface area contributed by atoms with Crippen LogP contribution in [0.3, 0.4) is 0 Å². The predicted molar refractivity (Wildman–Crippen MR) is 110 cm³/mol. The zero-order chi connectivity index (χ0) is 19.7. The number of anilines is 1. The van der Waals surface area contributed by atoms with E-state index in [4.69, 9.17) is 16.7 Å². The van der Waals surface area contributed by atoms with Gasteiger partial charge in [0.15, 0.2) is 6.29 Å². The van der Waals surface area contributed by atoms with Gasteiger partial charge in [-0.15, -0.1) is 0 Å². The van der Waals surface area contributed by atoms with Crippen LogP contribution in [0.4, 0.5) is 5.69 Å². The van der Waals surface area contributed by atoms with E-state index in [2.05, 4.69) is 15.3 Å². The van der Waals surface area contributed by atoms with Crippen molar-refractivity contribution in [1.29, 1.82) is 0 Å². The van der Waals surface area contributed by atoms with E-state index in [0.717, 1.165) is 39.5 Å². The number of nitrogens with one attached hydrogen (secondary N) is 2. The Kier molecular flexibility index (Phi) is 4.71. The van der Waals surface area contributed by atoms with Crippen molar-refractivity contribution in [1.82, 2.24) is 9.97 Å². The number of hydrogen-bond acceptors (Lipinski definition) is 4. The fraction of sp³-hybridized carbons (Fsp3) is 0.0952. The molecule has 0 fully saturated rings. The molecular formula is C21H16ClN3O3. The van der Waals surface area contributed by atoms with Crippen molar-refractivity contribution >= 4 is 51.3 Å². The quantitative estimate of drug-likeness (QED) is 0.418. The van der Waals surface area contributed by atoms with Gasteiger partial charge in [0, 0.05) is 51.9 Å². The first kappa shape index (κ1) is 18.0. The minimum absolute atomic E-state index is 0.240. The molecule has 0 aliphatic rings. The van der Waals surface area contributed by atoms with Crippen molar-refractivity contribution in [2.45, 2.75) is 6.42 Å². The predicted octanol–water partition coefficient (Wildman–Crippen LogP) is 4.53. The van der Waals surface area contributed by atoms with Gasteiger partial charge in [0.25, 0.3) is 0 Å². The van der Waals surface area contributed by atoms with Gasteiger partial charge in [-0.3, -0.25) is 9.78 Å². The summed E-state index contributed by atoms with van der Waals surface area (Å²) < 4.78 is 0. The third-order valence-electron chi connectivity index (χ3n) is 4.68. The van der Waals surface area contributed by atoms with Crippen LogP contribution in [-0.4, -0.2) is 33.9 Å². The number of carbonyl (C=O) groups is 2. The molecule has 0 aliphatic carbocycles. The summed E-state index contributed by atoms with van der Waals surface area (Å²) in [4.78, 5) is 30.4. The molecule has 4 aromatic rings. The molecule has 3 N–H and O–H groups in total. The van der Waals surface area contributed by atoms with Gasteiger partial charge >= 0.3 is 5.97 Å². The maximum Gasteiger partial charge on any atom is 0.335 e. The Hall–Kier alpha value is -3.38. The summed E-state index contributed by atoms with van der Waals surface area (Å²) in [6, 6.07) is 12.0. The molecule has 2 aromatic carbocycles. The normalized spacial score (nSPS) is 11.0. The number of carboxylic acids is 1. The zero-order valence-corrected chi connectivity index (χ0v) is 15.5. The molecule has 0 amide bonds. The highest BCUT2D eigenvalue weighted by molar-refractivity contribution is 6.31. The van der Waals surface area contributed by atoms with Crippen LogP contribution in [0.1, 0.15) is 26.4 Å². The first-order chi connectivity index (χ1) is 13.6. The monoisotopic (exact) mass is 393 g/mol. The lowest BCUT2D eigenvalue weighted by molar-refractivity contribution is 0.0696. The summed E-state index contributed by atoms with van der Waals surface area (Å²) in [5, 5.41) is 14.5. The number of H-pyrrole nitrogens is 1. The summed E-state index contributed by atoms with van der Waals surface area (Å²) >= 11 is 6.04. The Labute approximate surface area is 165 Å². The third kappa shape index (κ3) is 3.30. The molecule has 2 heterocycles. The van der Waals surface area contributed by atoms with E-state index in [9.17, 15) is 9.59 Å². The highest BCUT2D eigenvalue weighted by Crippen LogP contribution is 2.29. The molecule has 0 radical (unpaired) electrons. The molecule has 0 saturated carbocycles. The van der Waals surface area contributed by atoms with Gasteiger partial charge in [-0.25, -0.2) is 4.79 Å². The Bertz CT molecular complexity index is 1200. The first-order valence-corrected chi connectivity index (χ1v) is 9.06. The number of rotatable bonds is 6. The molecule has 4 rings (SSSR count). The minimum Gasteiger partial charge on any atom is -0.478 e. The first-order valence-electron chi connectivity index (χ1n) is 8.68. The van der Waals surface area contributed by atoms with Crippen LogP contribution < -0.4 is 5.32 Å². The number of aromatic carboxylic acids is 1. The fourth-order valence-corrected chi connectivity index (χ4v) is 3.45. The molecule has 0 spiro atoms. The molecule has 0 atom stereocenters. The average molecular weight is 394 g/mol. The van der Waals surface area contributed by atoms with Crippen molar-refractivity contribution in [2.75, 3.05) is 11.9 Å². The lowest BCUT2D eigenvalue weighted by Crippen LogP contribution is -2.06. The van der Waals surface area contributed by atoms with E-state index in [1.165, 1.54) is 0 Å². The second-order valence-electron chi connectivity index (χ2n) is 6.40. The van der Waals surface area contributed by atoms with E-state index < -0.39 is 5.97 Å². The molecule has 140 valence electrons. The molecule has 28 heavy (non-hydrogen) atoms. The van der Waals surface area contributed by atoms with Gasteiger partial charge in [-0.05, 0) is 42.5 Å². The van der Waals surface area contributed by atoms with Gasteiger partial charge in [0.2, 0.25) is 0 Å². The number of pyridine rings is 1. The number of halogens is 1. The molecule has 7 heteroatoms. The van der Waals surface area contributed by atoms with Crippen molar-refractivity contribution in [2.24, 2.45) is 0 Å². The van der Waals surface area contributed by atoms with Crippen LogP contribution in [0.15, 0.2) is 48.7 Å². The summed E-state index contributed by atoms with van der Waals surface area (Å²) in [7, 11) is 0. The molecule has 0 unspecified atom stereocenters. The van der Waals surface area contributed by atoms with E-state index in [0.29, 0.717) is 23.6 Å². The molecule has 2 aromatic heterocycles. The van der Waals surface area contributed by atoms with E-state index in [-0.39, 0.29) is 5.56 Å².